The van der Waals surface area contributed by atoms with E-state index >= 15 is 0 Å². The lowest BCUT2D eigenvalue weighted by molar-refractivity contribution is 0.0767. The van der Waals surface area contributed by atoms with Crippen molar-refractivity contribution in [2.24, 2.45) is 10.9 Å². The second kappa shape index (κ2) is 6.63. The SMILES string of the molecule is CCN(CC/C(N)=N/O)C(=O)c1ccc(O)cc1C. The Morgan fingerprint density at radius 1 is 1.47 bits per heavy atom. The van der Waals surface area contributed by atoms with Gasteiger partial charge in [0.1, 0.15) is 11.6 Å². The molecule has 0 atom stereocenters. The summed E-state index contributed by atoms with van der Waals surface area (Å²) < 4.78 is 0. The lowest BCUT2D eigenvalue weighted by atomic mass is 10.1. The first-order chi connectivity index (χ1) is 8.99. The van der Waals surface area contributed by atoms with Gasteiger partial charge in [0, 0.05) is 25.1 Å². The molecular weight excluding hydrogens is 246 g/mol. The molecule has 0 spiro atoms. The fraction of sp³-hybridized carbons (Fsp3) is 0.385. The molecule has 0 aliphatic heterocycles. The summed E-state index contributed by atoms with van der Waals surface area (Å²) in [5, 5.41) is 20.7. The van der Waals surface area contributed by atoms with E-state index in [1.54, 1.807) is 24.0 Å². The van der Waals surface area contributed by atoms with Gasteiger partial charge in [-0.25, -0.2) is 0 Å². The highest BCUT2D eigenvalue weighted by molar-refractivity contribution is 5.96. The molecule has 0 aromatic heterocycles. The quantitative estimate of drug-likeness (QED) is 0.323. The maximum Gasteiger partial charge on any atom is 0.254 e. The Morgan fingerprint density at radius 3 is 2.68 bits per heavy atom. The maximum atomic E-state index is 12.3. The molecule has 104 valence electrons. The van der Waals surface area contributed by atoms with Crippen LogP contribution in [0.25, 0.3) is 0 Å². The Labute approximate surface area is 112 Å². The van der Waals surface area contributed by atoms with Crippen LogP contribution in [-0.2, 0) is 0 Å². The van der Waals surface area contributed by atoms with Crippen LogP contribution in [0.4, 0.5) is 0 Å². The minimum absolute atomic E-state index is 0.0914. The van der Waals surface area contributed by atoms with Crippen molar-refractivity contribution in [3.63, 3.8) is 0 Å². The normalized spacial score (nSPS) is 11.4. The van der Waals surface area contributed by atoms with Crippen LogP contribution in [0.1, 0.15) is 29.3 Å². The van der Waals surface area contributed by atoms with E-state index in [4.69, 9.17) is 10.9 Å². The Kier molecular flexibility index (Phi) is 5.17. The number of nitrogens with zero attached hydrogens (tertiary/aromatic N) is 2. The van der Waals surface area contributed by atoms with Gasteiger partial charge in [-0.05, 0) is 37.6 Å². The fourth-order valence-corrected chi connectivity index (χ4v) is 1.76. The lowest BCUT2D eigenvalue weighted by Crippen LogP contribution is -2.34. The van der Waals surface area contributed by atoms with Crippen LogP contribution >= 0.6 is 0 Å². The molecule has 4 N–H and O–H groups in total. The summed E-state index contributed by atoms with van der Waals surface area (Å²) in [5.41, 5.74) is 6.65. The summed E-state index contributed by atoms with van der Waals surface area (Å²) in [6.07, 6.45) is 0.313. The number of amides is 1. The number of aromatic hydroxyl groups is 1. The van der Waals surface area contributed by atoms with Crippen LogP contribution in [0.5, 0.6) is 5.75 Å². The molecule has 1 aromatic rings. The molecule has 0 radical (unpaired) electrons. The van der Waals surface area contributed by atoms with Gasteiger partial charge >= 0.3 is 0 Å². The predicted octanol–water partition coefficient (Wildman–Crippen LogP) is 1.30. The molecule has 0 unspecified atom stereocenters. The zero-order valence-corrected chi connectivity index (χ0v) is 11.1. The molecule has 19 heavy (non-hydrogen) atoms. The zero-order valence-electron chi connectivity index (χ0n) is 11.1. The van der Waals surface area contributed by atoms with Crippen LogP contribution in [0.3, 0.4) is 0 Å². The lowest BCUT2D eigenvalue weighted by Gasteiger charge is -2.21. The molecule has 0 aliphatic carbocycles. The first kappa shape index (κ1) is 14.8. The molecule has 0 aliphatic rings. The van der Waals surface area contributed by atoms with Crippen LogP contribution < -0.4 is 5.73 Å². The van der Waals surface area contributed by atoms with Crippen molar-refractivity contribution in [3.8, 4) is 5.75 Å². The minimum Gasteiger partial charge on any atom is -0.508 e. The third kappa shape index (κ3) is 3.87. The van der Waals surface area contributed by atoms with E-state index in [0.717, 1.165) is 0 Å². The monoisotopic (exact) mass is 265 g/mol. The summed E-state index contributed by atoms with van der Waals surface area (Å²) >= 11 is 0. The topological polar surface area (TPSA) is 99.1 Å². The van der Waals surface area contributed by atoms with Crippen LogP contribution in [0, 0.1) is 6.92 Å². The van der Waals surface area contributed by atoms with Gasteiger partial charge in [-0.1, -0.05) is 5.16 Å². The van der Waals surface area contributed by atoms with E-state index in [1.165, 1.54) is 6.07 Å². The Bertz CT molecular complexity index is 486. The van der Waals surface area contributed by atoms with E-state index in [-0.39, 0.29) is 17.5 Å². The number of carbonyl (C=O) groups excluding carboxylic acids is 1. The Morgan fingerprint density at radius 2 is 2.16 bits per heavy atom. The second-order valence-corrected chi connectivity index (χ2v) is 4.23. The largest absolute Gasteiger partial charge is 0.508 e. The molecule has 1 rings (SSSR count). The molecule has 0 saturated carbocycles. The summed E-state index contributed by atoms with van der Waals surface area (Å²) in [7, 11) is 0. The van der Waals surface area contributed by atoms with Gasteiger partial charge in [-0.3, -0.25) is 4.79 Å². The van der Waals surface area contributed by atoms with Gasteiger partial charge in [-0.15, -0.1) is 0 Å². The standard InChI is InChI=1S/C13H19N3O3/c1-3-16(7-6-12(14)15-19)13(18)11-5-4-10(17)8-9(11)2/h4-5,8,17,19H,3,6-7H2,1-2H3,(H2,14,15). The van der Waals surface area contributed by atoms with E-state index in [0.29, 0.717) is 30.6 Å². The van der Waals surface area contributed by atoms with Gasteiger partial charge in [0.05, 0.1) is 0 Å². The third-order valence-corrected chi connectivity index (χ3v) is 2.88. The van der Waals surface area contributed by atoms with E-state index in [1.807, 2.05) is 6.92 Å². The van der Waals surface area contributed by atoms with Crippen LogP contribution in [0.2, 0.25) is 0 Å². The van der Waals surface area contributed by atoms with Crippen LogP contribution in [-0.4, -0.2) is 40.0 Å². The van der Waals surface area contributed by atoms with Gasteiger partial charge in [0.15, 0.2) is 0 Å². The summed E-state index contributed by atoms with van der Waals surface area (Å²) in [6.45, 7) is 4.54. The fourth-order valence-electron chi connectivity index (χ4n) is 1.76. The first-order valence-corrected chi connectivity index (χ1v) is 6.04. The highest BCUT2D eigenvalue weighted by Crippen LogP contribution is 2.17. The zero-order chi connectivity index (χ0) is 14.4. The van der Waals surface area contributed by atoms with Crippen molar-refractivity contribution in [2.75, 3.05) is 13.1 Å². The molecule has 6 nitrogen and oxygen atoms in total. The molecule has 0 fully saturated rings. The number of carbonyl (C=O) groups is 1. The smallest absolute Gasteiger partial charge is 0.254 e. The number of phenols is 1. The third-order valence-electron chi connectivity index (χ3n) is 2.88. The van der Waals surface area contributed by atoms with E-state index in [2.05, 4.69) is 5.16 Å². The van der Waals surface area contributed by atoms with Crippen molar-refractivity contribution < 1.29 is 15.1 Å². The van der Waals surface area contributed by atoms with Crippen LogP contribution in [0.15, 0.2) is 23.4 Å². The van der Waals surface area contributed by atoms with Gasteiger partial charge in [-0.2, -0.15) is 0 Å². The molecular formula is C13H19N3O3. The highest BCUT2D eigenvalue weighted by atomic mass is 16.4. The number of nitrogens with two attached hydrogens (primary N) is 1. The molecule has 6 heteroatoms. The minimum atomic E-state index is -0.134. The Balaban J connectivity index is 2.83. The average Bonchev–Trinajstić information content (AvgIpc) is 2.38. The van der Waals surface area contributed by atoms with Gasteiger partial charge < -0.3 is 20.9 Å². The number of hydrogen-bond acceptors (Lipinski definition) is 4. The first-order valence-electron chi connectivity index (χ1n) is 6.04. The van der Waals surface area contributed by atoms with Crippen molar-refractivity contribution in [2.45, 2.75) is 20.3 Å². The average molecular weight is 265 g/mol. The van der Waals surface area contributed by atoms with Crippen molar-refractivity contribution in [3.05, 3.63) is 29.3 Å². The second-order valence-electron chi connectivity index (χ2n) is 4.23. The highest BCUT2D eigenvalue weighted by Gasteiger charge is 2.16. The van der Waals surface area contributed by atoms with Crippen molar-refractivity contribution >= 4 is 11.7 Å². The summed E-state index contributed by atoms with van der Waals surface area (Å²) in [6, 6.07) is 4.63. The summed E-state index contributed by atoms with van der Waals surface area (Å²) in [4.78, 5) is 13.9. The number of oxime groups is 1. The van der Waals surface area contributed by atoms with Crippen molar-refractivity contribution in [1.29, 1.82) is 0 Å². The predicted molar refractivity (Wildman–Crippen MR) is 72.4 cm³/mol. The molecule has 0 bridgehead atoms. The number of hydrogen-bond donors (Lipinski definition) is 3. The number of rotatable bonds is 5. The number of benzene rings is 1. The van der Waals surface area contributed by atoms with Gasteiger partial charge in [0.2, 0.25) is 0 Å². The molecule has 1 aromatic carbocycles. The number of aryl methyl sites for hydroxylation is 1. The van der Waals surface area contributed by atoms with Crippen molar-refractivity contribution in [1.82, 2.24) is 4.90 Å². The Hall–Kier alpha value is -2.24. The number of amidine groups is 1. The summed E-state index contributed by atoms with van der Waals surface area (Å²) in [5.74, 6) is 0.0909. The van der Waals surface area contributed by atoms with E-state index in [9.17, 15) is 9.90 Å². The molecule has 1 amide bonds. The maximum absolute atomic E-state index is 12.3. The number of phenolic OH excluding ortho intramolecular Hbond substituents is 1. The molecule has 0 heterocycles. The molecule has 0 saturated heterocycles. The van der Waals surface area contributed by atoms with E-state index < -0.39 is 0 Å². The van der Waals surface area contributed by atoms with Gasteiger partial charge in [0.25, 0.3) is 5.91 Å².